The van der Waals surface area contributed by atoms with Gasteiger partial charge in [-0.25, -0.2) is 8.42 Å². The molecule has 0 aliphatic heterocycles. The molecule has 0 saturated heterocycles. The molecule has 0 bridgehead atoms. The molecule has 0 amide bonds. The molecule has 2 aromatic carbocycles. The number of carbonyl (C=O) groups is 1. The lowest BCUT2D eigenvalue weighted by Crippen LogP contribution is -2.17. The van der Waals surface area contributed by atoms with E-state index < -0.39 is 15.1 Å². The van der Waals surface area contributed by atoms with Gasteiger partial charge in [0.2, 0.25) is 0 Å². The lowest BCUT2D eigenvalue weighted by Gasteiger charge is -2.16. The van der Waals surface area contributed by atoms with Crippen molar-refractivity contribution in [1.82, 2.24) is 0 Å². The molecule has 140 valence electrons. The van der Waals surface area contributed by atoms with Crippen molar-refractivity contribution in [3.63, 3.8) is 0 Å². The molecule has 1 heterocycles. The van der Waals surface area contributed by atoms with E-state index in [1.807, 2.05) is 6.92 Å². The van der Waals surface area contributed by atoms with Crippen molar-refractivity contribution in [2.24, 2.45) is 0 Å². The lowest BCUT2D eigenvalue weighted by atomic mass is 10.1. The number of benzene rings is 2. The second-order valence-electron chi connectivity index (χ2n) is 6.43. The molecule has 1 aromatic heterocycles. The van der Waals surface area contributed by atoms with Crippen LogP contribution in [-0.2, 0) is 9.84 Å². The van der Waals surface area contributed by atoms with Crippen LogP contribution in [0, 0.1) is 13.8 Å². The van der Waals surface area contributed by atoms with E-state index in [-0.39, 0.29) is 22.9 Å². The molecule has 3 aromatic rings. The van der Waals surface area contributed by atoms with E-state index >= 15 is 0 Å². The minimum atomic E-state index is -3.81. The molecular weight excluding hydrogens is 384 g/mol. The minimum absolute atomic E-state index is 0.163. The van der Waals surface area contributed by atoms with Gasteiger partial charge in [0.15, 0.2) is 15.6 Å². The summed E-state index contributed by atoms with van der Waals surface area (Å²) in [6.07, 6.45) is -0.217. The summed E-state index contributed by atoms with van der Waals surface area (Å²) in [6.45, 7) is 3.62. The summed E-state index contributed by atoms with van der Waals surface area (Å²) >= 11 is 5.86. The van der Waals surface area contributed by atoms with Crippen LogP contribution in [0.4, 0.5) is 0 Å². The van der Waals surface area contributed by atoms with E-state index in [1.54, 1.807) is 67.6 Å². The van der Waals surface area contributed by atoms with E-state index in [0.29, 0.717) is 16.3 Å². The Balaban J connectivity index is 2.00. The maximum atomic E-state index is 13.2. The van der Waals surface area contributed by atoms with Gasteiger partial charge in [-0.05, 0) is 62.4 Å². The fraction of sp³-hybridized carbons (Fsp3) is 0.190. The van der Waals surface area contributed by atoms with Crippen molar-refractivity contribution < 1.29 is 17.6 Å². The monoisotopic (exact) mass is 402 g/mol. The first-order valence-corrected chi connectivity index (χ1v) is 10.4. The Morgan fingerprint density at radius 2 is 1.59 bits per heavy atom. The zero-order valence-corrected chi connectivity index (χ0v) is 16.5. The first-order chi connectivity index (χ1) is 12.8. The fourth-order valence-corrected chi connectivity index (χ4v) is 4.58. The van der Waals surface area contributed by atoms with Crippen LogP contribution in [0.5, 0.6) is 0 Å². The van der Waals surface area contributed by atoms with Gasteiger partial charge in [0.05, 0.1) is 4.90 Å². The third-order valence-corrected chi connectivity index (χ3v) is 6.67. The van der Waals surface area contributed by atoms with E-state index in [0.717, 1.165) is 5.56 Å². The topological polar surface area (TPSA) is 64.3 Å². The molecule has 27 heavy (non-hydrogen) atoms. The smallest absolute Gasteiger partial charge is 0.188 e. The highest BCUT2D eigenvalue weighted by Gasteiger charge is 2.34. The first-order valence-electron chi connectivity index (χ1n) is 8.43. The number of hydrogen-bond donors (Lipinski definition) is 0. The Bertz CT molecular complexity index is 1050. The summed E-state index contributed by atoms with van der Waals surface area (Å²) in [5, 5.41) is -0.589. The van der Waals surface area contributed by atoms with Crippen molar-refractivity contribution in [3.8, 4) is 0 Å². The number of carbonyl (C=O) groups excluding carboxylic acids is 1. The number of hydrogen-bond acceptors (Lipinski definition) is 4. The highest BCUT2D eigenvalue weighted by molar-refractivity contribution is 7.91. The lowest BCUT2D eigenvalue weighted by molar-refractivity contribution is 0.0978. The standard InChI is InChI=1S/C21H19ClO4S/c1-14-3-10-18(11-4-14)27(24,25)21(20-12-5-15(2)26-20)13-19(23)16-6-8-17(22)9-7-16/h3-12,21H,13H2,1-2H3. The van der Waals surface area contributed by atoms with Crippen molar-refractivity contribution in [2.75, 3.05) is 0 Å². The molecule has 0 aliphatic carbocycles. The Morgan fingerprint density at radius 1 is 0.963 bits per heavy atom. The van der Waals surface area contributed by atoms with Gasteiger partial charge in [0, 0.05) is 17.0 Å². The molecule has 1 atom stereocenters. The first kappa shape index (κ1) is 19.4. The number of aryl methyl sites for hydroxylation is 2. The van der Waals surface area contributed by atoms with Crippen LogP contribution in [0.2, 0.25) is 5.02 Å². The van der Waals surface area contributed by atoms with Gasteiger partial charge in [0.25, 0.3) is 0 Å². The predicted molar refractivity (Wildman–Crippen MR) is 105 cm³/mol. The maximum Gasteiger partial charge on any atom is 0.188 e. The summed E-state index contributed by atoms with van der Waals surface area (Å²) in [7, 11) is -3.81. The van der Waals surface area contributed by atoms with Gasteiger partial charge in [-0.15, -0.1) is 0 Å². The maximum absolute atomic E-state index is 13.2. The zero-order chi connectivity index (χ0) is 19.6. The second-order valence-corrected chi connectivity index (χ2v) is 9.00. The zero-order valence-electron chi connectivity index (χ0n) is 15.0. The largest absolute Gasteiger partial charge is 0.465 e. The van der Waals surface area contributed by atoms with Crippen LogP contribution in [0.1, 0.15) is 39.1 Å². The van der Waals surface area contributed by atoms with Gasteiger partial charge in [-0.2, -0.15) is 0 Å². The van der Waals surface area contributed by atoms with Gasteiger partial charge in [0.1, 0.15) is 16.8 Å². The van der Waals surface area contributed by atoms with Gasteiger partial charge >= 0.3 is 0 Å². The minimum Gasteiger partial charge on any atom is -0.465 e. The van der Waals surface area contributed by atoms with E-state index in [4.69, 9.17) is 16.0 Å². The quantitative estimate of drug-likeness (QED) is 0.522. The molecule has 0 fully saturated rings. The van der Waals surface area contributed by atoms with Gasteiger partial charge in [-0.1, -0.05) is 29.3 Å². The summed E-state index contributed by atoms with van der Waals surface area (Å²) in [4.78, 5) is 12.9. The van der Waals surface area contributed by atoms with Crippen LogP contribution < -0.4 is 0 Å². The van der Waals surface area contributed by atoms with Crippen molar-refractivity contribution in [2.45, 2.75) is 30.4 Å². The highest BCUT2D eigenvalue weighted by atomic mass is 35.5. The highest BCUT2D eigenvalue weighted by Crippen LogP contribution is 2.34. The number of furan rings is 1. The van der Waals surface area contributed by atoms with Crippen molar-refractivity contribution >= 4 is 27.2 Å². The number of ketones is 1. The molecule has 4 nitrogen and oxygen atoms in total. The van der Waals surface area contributed by atoms with Gasteiger partial charge in [-0.3, -0.25) is 4.79 Å². The van der Waals surface area contributed by atoms with Crippen LogP contribution in [0.25, 0.3) is 0 Å². The molecule has 0 N–H and O–H groups in total. The normalized spacial score (nSPS) is 12.7. The molecule has 0 radical (unpaired) electrons. The Morgan fingerprint density at radius 3 is 2.15 bits per heavy atom. The van der Waals surface area contributed by atoms with Gasteiger partial charge < -0.3 is 4.42 Å². The second kappa shape index (κ2) is 7.71. The summed E-state index contributed by atoms with van der Waals surface area (Å²) in [5.74, 6) is 0.560. The molecule has 0 spiro atoms. The number of Topliss-reactive ketones (excluding diaryl/α,β-unsaturated/α-hetero) is 1. The molecule has 0 saturated carbocycles. The number of halogens is 1. The summed E-state index contributed by atoms with van der Waals surface area (Å²) in [6, 6.07) is 16.3. The van der Waals surface area contributed by atoms with Crippen LogP contribution in [0.3, 0.4) is 0 Å². The average Bonchev–Trinajstić information content (AvgIpc) is 3.06. The van der Waals surface area contributed by atoms with E-state index in [9.17, 15) is 13.2 Å². The Labute approximate surface area is 163 Å². The van der Waals surface area contributed by atoms with E-state index in [1.165, 1.54) is 0 Å². The fourth-order valence-electron chi connectivity index (χ4n) is 2.80. The Hall–Kier alpha value is -2.37. The summed E-state index contributed by atoms with van der Waals surface area (Å²) in [5.41, 5.74) is 1.36. The SMILES string of the molecule is Cc1ccc(S(=O)(=O)C(CC(=O)c2ccc(Cl)cc2)c2ccc(C)o2)cc1. The molecule has 0 aliphatic rings. The average molecular weight is 403 g/mol. The third-order valence-electron chi connectivity index (χ3n) is 4.34. The molecule has 6 heteroatoms. The third kappa shape index (κ3) is 4.31. The van der Waals surface area contributed by atoms with Crippen LogP contribution in [-0.4, -0.2) is 14.2 Å². The van der Waals surface area contributed by atoms with Crippen molar-refractivity contribution in [3.05, 3.63) is 88.3 Å². The Kier molecular flexibility index (Phi) is 5.53. The predicted octanol–water partition coefficient (Wildman–Crippen LogP) is 5.34. The number of sulfone groups is 1. The summed E-state index contributed by atoms with van der Waals surface area (Å²) < 4.78 is 32.1. The van der Waals surface area contributed by atoms with Crippen LogP contribution in [0.15, 0.2) is 70.0 Å². The molecule has 3 rings (SSSR count). The number of rotatable bonds is 6. The van der Waals surface area contributed by atoms with Crippen molar-refractivity contribution in [1.29, 1.82) is 0 Å². The molecule has 1 unspecified atom stereocenters. The van der Waals surface area contributed by atoms with Crippen LogP contribution >= 0.6 is 11.6 Å². The van der Waals surface area contributed by atoms with E-state index in [2.05, 4.69) is 0 Å². The molecular formula is C21H19ClO4S.